The molecule has 17 heavy (non-hydrogen) atoms. The first-order valence-electron chi connectivity index (χ1n) is 7.81. The molecule has 0 amide bonds. The van der Waals surface area contributed by atoms with Crippen molar-refractivity contribution in [3.8, 4) is 0 Å². The number of piperidine rings is 1. The Labute approximate surface area is 106 Å². The molecule has 3 fully saturated rings. The van der Waals surface area contributed by atoms with Gasteiger partial charge in [0.05, 0.1) is 0 Å². The van der Waals surface area contributed by atoms with E-state index in [9.17, 15) is 0 Å². The fourth-order valence-corrected chi connectivity index (χ4v) is 4.22. The monoisotopic (exact) mass is 236 g/mol. The molecule has 1 spiro atoms. The summed E-state index contributed by atoms with van der Waals surface area (Å²) in [5, 5.41) is 0. The van der Waals surface area contributed by atoms with Gasteiger partial charge in [0, 0.05) is 19.6 Å². The maximum absolute atomic E-state index is 2.75. The van der Waals surface area contributed by atoms with Gasteiger partial charge in [0.2, 0.25) is 0 Å². The molecule has 98 valence electrons. The van der Waals surface area contributed by atoms with Crippen LogP contribution in [0.4, 0.5) is 0 Å². The summed E-state index contributed by atoms with van der Waals surface area (Å²) in [6.07, 6.45) is 11.9. The van der Waals surface area contributed by atoms with Crippen LogP contribution in [-0.2, 0) is 0 Å². The van der Waals surface area contributed by atoms with Crippen molar-refractivity contribution in [1.82, 2.24) is 9.80 Å². The minimum atomic E-state index is 0.766. The molecule has 2 nitrogen and oxygen atoms in total. The van der Waals surface area contributed by atoms with Gasteiger partial charge in [-0.15, -0.1) is 0 Å². The van der Waals surface area contributed by atoms with E-state index in [-0.39, 0.29) is 0 Å². The average molecular weight is 236 g/mol. The molecule has 2 heteroatoms. The second-order valence-corrected chi connectivity index (χ2v) is 6.64. The Kier molecular flexibility index (Phi) is 3.72. The third kappa shape index (κ3) is 2.85. The molecular formula is C15H28N2. The zero-order valence-corrected chi connectivity index (χ0v) is 11.3. The standard InChI is InChI=1S/C15H28N2/c1-4-9-16(10-5-1)12-13-17-11-8-15(14-17)6-2-3-7-15/h1-14H2. The van der Waals surface area contributed by atoms with Gasteiger partial charge in [0.25, 0.3) is 0 Å². The van der Waals surface area contributed by atoms with Gasteiger partial charge in [0.15, 0.2) is 0 Å². The zero-order valence-electron chi connectivity index (χ0n) is 11.3. The lowest BCUT2D eigenvalue weighted by molar-refractivity contribution is 0.185. The molecule has 0 N–H and O–H groups in total. The molecule has 3 aliphatic rings. The van der Waals surface area contributed by atoms with Crippen molar-refractivity contribution >= 4 is 0 Å². The summed E-state index contributed by atoms with van der Waals surface area (Å²) in [6, 6.07) is 0. The van der Waals surface area contributed by atoms with Crippen molar-refractivity contribution < 1.29 is 0 Å². The number of nitrogens with zero attached hydrogens (tertiary/aromatic N) is 2. The predicted octanol–water partition coefficient (Wildman–Crippen LogP) is 2.74. The van der Waals surface area contributed by atoms with Gasteiger partial charge in [0.1, 0.15) is 0 Å². The molecule has 0 unspecified atom stereocenters. The molecule has 2 aliphatic heterocycles. The van der Waals surface area contributed by atoms with Gasteiger partial charge in [-0.3, -0.25) is 0 Å². The molecule has 0 radical (unpaired) electrons. The van der Waals surface area contributed by atoms with Crippen LogP contribution >= 0.6 is 0 Å². The zero-order chi connectivity index (χ0) is 11.6. The van der Waals surface area contributed by atoms with Crippen molar-refractivity contribution in [2.45, 2.75) is 51.4 Å². The summed E-state index contributed by atoms with van der Waals surface area (Å²) in [7, 11) is 0. The maximum atomic E-state index is 2.75. The second kappa shape index (κ2) is 5.27. The van der Waals surface area contributed by atoms with E-state index in [0.29, 0.717) is 0 Å². The van der Waals surface area contributed by atoms with Crippen LogP contribution in [0.15, 0.2) is 0 Å². The van der Waals surface area contributed by atoms with Gasteiger partial charge in [-0.05, 0) is 57.2 Å². The third-order valence-electron chi connectivity index (χ3n) is 5.36. The minimum Gasteiger partial charge on any atom is -0.302 e. The Morgan fingerprint density at radius 2 is 1.35 bits per heavy atom. The molecule has 2 heterocycles. The van der Waals surface area contributed by atoms with Gasteiger partial charge >= 0.3 is 0 Å². The first kappa shape index (κ1) is 12.0. The topological polar surface area (TPSA) is 6.48 Å². The Bertz CT molecular complexity index is 239. The Hall–Kier alpha value is -0.0800. The van der Waals surface area contributed by atoms with E-state index in [2.05, 4.69) is 9.80 Å². The van der Waals surface area contributed by atoms with E-state index in [1.165, 1.54) is 90.6 Å². The molecule has 1 aliphatic carbocycles. The SMILES string of the molecule is C1CCN(CCN2CCC3(CCCC3)C2)CC1. The molecule has 1 saturated carbocycles. The number of rotatable bonds is 3. The highest BCUT2D eigenvalue weighted by molar-refractivity contribution is 4.93. The van der Waals surface area contributed by atoms with Crippen molar-refractivity contribution in [2.75, 3.05) is 39.3 Å². The van der Waals surface area contributed by atoms with Crippen LogP contribution in [0.2, 0.25) is 0 Å². The smallest absolute Gasteiger partial charge is 0.0110 e. The number of hydrogen-bond acceptors (Lipinski definition) is 2. The number of hydrogen-bond donors (Lipinski definition) is 0. The Morgan fingerprint density at radius 3 is 2.12 bits per heavy atom. The van der Waals surface area contributed by atoms with Gasteiger partial charge in [-0.25, -0.2) is 0 Å². The lowest BCUT2D eigenvalue weighted by Crippen LogP contribution is -2.37. The number of likely N-dealkylation sites (tertiary alicyclic amines) is 2. The lowest BCUT2D eigenvalue weighted by atomic mass is 9.86. The fourth-order valence-electron chi connectivity index (χ4n) is 4.22. The van der Waals surface area contributed by atoms with E-state index >= 15 is 0 Å². The molecule has 0 aromatic carbocycles. The van der Waals surface area contributed by atoms with Crippen LogP contribution in [-0.4, -0.2) is 49.1 Å². The van der Waals surface area contributed by atoms with Gasteiger partial charge in [-0.2, -0.15) is 0 Å². The fraction of sp³-hybridized carbons (Fsp3) is 1.00. The van der Waals surface area contributed by atoms with Crippen LogP contribution in [0, 0.1) is 5.41 Å². The molecule has 0 atom stereocenters. The summed E-state index contributed by atoms with van der Waals surface area (Å²) in [5.41, 5.74) is 0.766. The first-order valence-corrected chi connectivity index (χ1v) is 7.81. The molecule has 0 aromatic rings. The van der Waals surface area contributed by atoms with Crippen LogP contribution in [0.1, 0.15) is 51.4 Å². The summed E-state index contributed by atoms with van der Waals surface area (Å²) < 4.78 is 0. The van der Waals surface area contributed by atoms with Crippen LogP contribution in [0.5, 0.6) is 0 Å². The molecule has 2 saturated heterocycles. The summed E-state index contributed by atoms with van der Waals surface area (Å²) in [4.78, 5) is 5.43. The highest BCUT2D eigenvalue weighted by atomic mass is 15.2. The molecular weight excluding hydrogens is 208 g/mol. The van der Waals surface area contributed by atoms with Crippen LogP contribution in [0.25, 0.3) is 0 Å². The minimum absolute atomic E-state index is 0.766. The molecule has 3 rings (SSSR count). The summed E-state index contributed by atoms with van der Waals surface area (Å²) >= 11 is 0. The maximum Gasteiger partial charge on any atom is 0.0110 e. The molecule has 0 bridgehead atoms. The Balaban J connectivity index is 1.41. The quantitative estimate of drug-likeness (QED) is 0.743. The summed E-state index contributed by atoms with van der Waals surface area (Å²) in [6.45, 7) is 8.18. The van der Waals surface area contributed by atoms with E-state index in [1.54, 1.807) is 0 Å². The highest BCUT2D eigenvalue weighted by Gasteiger charge is 2.39. The van der Waals surface area contributed by atoms with E-state index in [0.717, 1.165) is 5.41 Å². The predicted molar refractivity (Wildman–Crippen MR) is 72.2 cm³/mol. The van der Waals surface area contributed by atoms with Crippen molar-refractivity contribution in [3.05, 3.63) is 0 Å². The average Bonchev–Trinajstić information content (AvgIpc) is 2.99. The second-order valence-electron chi connectivity index (χ2n) is 6.64. The lowest BCUT2D eigenvalue weighted by Gasteiger charge is -2.29. The normalized spacial score (nSPS) is 30.4. The van der Waals surface area contributed by atoms with E-state index in [4.69, 9.17) is 0 Å². The third-order valence-corrected chi connectivity index (χ3v) is 5.36. The first-order chi connectivity index (χ1) is 8.36. The van der Waals surface area contributed by atoms with E-state index in [1.807, 2.05) is 0 Å². The van der Waals surface area contributed by atoms with E-state index < -0.39 is 0 Å². The van der Waals surface area contributed by atoms with Gasteiger partial charge in [-0.1, -0.05) is 19.3 Å². The van der Waals surface area contributed by atoms with Crippen LogP contribution in [0.3, 0.4) is 0 Å². The van der Waals surface area contributed by atoms with Crippen LogP contribution < -0.4 is 0 Å². The largest absolute Gasteiger partial charge is 0.302 e. The van der Waals surface area contributed by atoms with Gasteiger partial charge < -0.3 is 9.80 Å². The Morgan fingerprint density at radius 1 is 0.647 bits per heavy atom. The van der Waals surface area contributed by atoms with Crippen molar-refractivity contribution in [3.63, 3.8) is 0 Å². The highest BCUT2D eigenvalue weighted by Crippen LogP contribution is 2.45. The molecule has 0 aromatic heterocycles. The van der Waals surface area contributed by atoms with Crippen molar-refractivity contribution in [2.24, 2.45) is 5.41 Å². The summed E-state index contributed by atoms with van der Waals surface area (Å²) in [5.74, 6) is 0. The van der Waals surface area contributed by atoms with Crippen molar-refractivity contribution in [1.29, 1.82) is 0 Å².